The summed E-state index contributed by atoms with van der Waals surface area (Å²) in [6.07, 6.45) is 1.73. The van der Waals surface area contributed by atoms with E-state index in [4.69, 9.17) is 4.74 Å². The van der Waals surface area contributed by atoms with Gasteiger partial charge in [-0.1, -0.05) is 12.1 Å². The Morgan fingerprint density at radius 1 is 1.26 bits per heavy atom. The van der Waals surface area contributed by atoms with Crippen molar-refractivity contribution < 1.29 is 9.53 Å². The van der Waals surface area contributed by atoms with Crippen molar-refractivity contribution in [1.29, 1.82) is 0 Å². The number of carbonyl (C=O) groups is 1. The number of benzene rings is 1. The molecule has 1 heterocycles. The number of rotatable bonds is 6. The average Bonchev–Trinajstić information content (AvgIpc) is 2.56. The highest BCUT2D eigenvalue weighted by atomic mass is 16.5. The summed E-state index contributed by atoms with van der Waals surface area (Å²) < 4.78 is 5.57. The van der Waals surface area contributed by atoms with Gasteiger partial charge in [-0.15, -0.1) is 0 Å². The molecule has 0 radical (unpaired) electrons. The van der Waals surface area contributed by atoms with Gasteiger partial charge in [-0.3, -0.25) is 4.98 Å². The minimum atomic E-state index is -0.149. The van der Waals surface area contributed by atoms with E-state index in [9.17, 15) is 4.79 Å². The minimum Gasteiger partial charge on any atom is -0.494 e. The van der Waals surface area contributed by atoms with Gasteiger partial charge >= 0.3 is 6.03 Å². The van der Waals surface area contributed by atoms with Gasteiger partial charge in [-0.05, 0) is 44.5 Å². The van der Waals surface area contributed by atoms with E-state index in [1.165, 1.54) is 0 Å². The molecule has 2 amide bonds. The number of anilines is 1. The smallest absolute Gasteiger partial charge is 0.322 e. The first-order chi connectivity index (χ1) is 11.1. The lowest BCUT2D eigenvalue weighted by atomic mass is 10.2. The van der Waals surface area contributed by atoms with Gasteiger partial charge in [-0.2, -0.15) is 0 Å². The molecule has 0 unspecified atom stereocenters. The van der Waals surface area contributed by atoms with Gasteiger partial charge in [0.05, 0.1) is 18.8 Å². The highest BCUT2D eigenvalue weighted by Crippen LogP contribution is 2.23. The first-order valence-corrected chi connectivity index (χ1v) is 7.83. The van der Waals surface area contributed by atoms with Crippen LogP contribution in [0.1, 0.15) is 25.1 Å². The Hall–Kier alpha value is -2.56. The maximum Gasteiger partial charge on any atom is 0.322 e. The van der Waals surface area contributed by atoms with Crippen LogP contribution >= 0.6 is 0 Å². The molecule has 0 aliphatic carbocycles. The Morgan fingerprint density at radius 2 is 2.09 bits per heavy atom. The van der Waals surface area contributed by atoms with Crippen LogP contribution in [0.25, 0.3) is 0 Å². The Balaban J connectivity index is 2.06. The molecule has 5 nitrogen and oxygen atoms in total. The molecule has 122 valence electrons. The third-order valence-corrected chi connectivity index (χ3v) is 3.49. The molecule has 0 aliphatic heterocycles. The van der Waals surface area contributed by atoms with Crippen LogP contribution in [0.3, 0.4) is 0 Å². The van der Waals surface area contributed by atoms with Crippen molar-refractivity contribution in [3.8, 4) is 5.75 Å². The normalized spacial score (nSPS) is 10.2. The van der Waals surface area contributed by atoms with E-state index in [0.717, 1.165) is 22.7 Å². The quantitative estimate of drug-likeness (QED) is 0.881. The van der Waals surface area contributed by atoms with E-state index in [1.54, 1.807) is 11.1 Å². The number of nitrogens with one attached hydrogen (secondary N) is 1. The van der Waals surface area contributed by atoms with Crippen molar-refractivity contribution in [2.45, 2.75) is 27.3 Å². The molecule has 1 aromatic heterocycles. The Morgan fingerprint density at radius 3 is 2.74 bits per heavy atom. The maximum atomic E-state index is 12.4. The number of hydrogen-bond acceptors (Lipinski definition) is 3. The molecule has 0 bridgehead atoms. The molecule has 0 saturated carbocycles. The fourth-order valence-corrected chi connectivity index (χ4v) is 2.21. The van der Waals surface area contributed by atoms with Gasteiger partial charge in [0, 0.05) is 24.5 Å². The summed E-state index contributed by atoms with van der Waals surface area (Å²) in [6.45, 7) is 7.55. The SMILES string of the molecule is CCOc1cc(NC(=O)N(CC)Cc2ccccn2)ccc1C. The highest BCUT2D eigenvalue weighted by molar-refractivity contribution is 5.89. The molecule has 0 spiro atoms. The lowest BCUT2D eigenvalue weighted by molar-refractivity contribution is 0.211. The summed E-state index contributed by atoms with van der Waals surface area (Å²) in [6, 6.07) is 11.2. The minimum absolute atomic E-state index is 0.149. The topological polar surface area (TPSA) is 54.5 Å². The molecular weight excluding hydrogens is 290 g/mol. The number of urea groups is 1. The van der Waals surface area contributed by atoms with Crippen LogP contribution in [0.5, 0.6) is 5.75 Å². The summed E-state index contributed by atoms with van der Waals surface area (Å²) in [5.41, 5.74) is 2.64. The average molecular weight is 313 g/mol. The van der Waals surface area contributed by atoms with Crippen molar-refractivity contribution >= 4 is 11.7 Å². The monoisotopic (exact) mass is 313 g/mol. The second-order valence-electron chi connectivity index (χ2n) is 5.18. The molecule has 1 N–H and O–H groups in total. The maximum absolute atomic E-state index is 12.4. The number of aromatic nitrogens is 1. The van der Waals surface area contributed by atoms with E-state index in [-0.39, 0.29) is 6.03 Å². The molecule has 1 aromatic carbocycles. The molecule has 23 heavy (non-hydrogen) atoms. The summed E-state index contributed by atoms with van der Waals surface area (Å²) in [5.74, 6) is 0.790. The van der Waals surface area contributed by atoms with E-state index >= 15 is 0 Å². The Labute approximate surface area is 137 Å². The number of pyridine rings is 1. The summed E-state index contributed by atoms with van der Waals surface area (Å²) >= 11 is 0. The number of ether oxygens (including phenoxy) is 1. The van der Waals surface area contributed by atoms with Crippen LogP contribution in [-0.4, -0.2) is 29.1 Å². The van der Waals surface area contributed by atoms with Crippen LogP contribution in [0, 0.1) is 6.92 Å². The van der Waals surface area contributed by atoms with Crippen LogP contribution < -0.4 is 10.1 Å². The zero-order valence-corrected chi connectivity index (χ0v) is 13.9. The number of amides is 2. The van der Waals surface area contributed by atoms with E-state index in [0.29, 0.717) is 19.7 Å². The zero-order chi connectivity index (χ0) is 16.7. The fourth-order valence-electron chi connectivity index (χ4n) is 2.21. The zero-order valence-electron chi connectivity index (χ0n) is 13.9. The van der Waals surface area contributed by atoms with Crippen molar-refractivity contribution in [1.82, 2.24) is 9.88 Å². The second kappa shape index (κ2) is 8.17. The third kappa shape index (κ3) is 4.71. The molecular formula is C18H23N3O2. The van der Waals surface area contributed by atoms with Gasteiger partial charge in [0.25, 0.3) is 0 Å². The fraction of sp³-hybridized carbons (Fsp3) is 0.333. The van der Waals surface area contributed by atoms with E-state index < -0.39 is 0 Å². The Kier molecular flexibility index (Phi) is 5.97. The van der Waals surface area contributed by atoms with Crippen LogP contribution in [-0.2, 0) is 6.54 Å². The lowest BCUT2D eigenvalue weighted by Crippen LogP contribution is -2.34. The number of aryl methyl sites for hydroxylation is 1. The van der Waals surface area contributed by atoms with Crippen molar-refractivity contribution in [2.75, 3.05) is 18.5 Å². The first kappa shape index (κ1) is 16.8. The van der Waals surface area contributed by atoms with Crippen LogP contribution in [0.15, 0.2) is 42.6 Å². The molecule has 5 heteroatoms. The van der Waals surface area contributed by atoms with Gasteiger partial charge < -0.3 is 15.0 Å². The lowest BCUT2D eigenvalue weighted by Gasteiger charge is -2.21. The van der Waals surface area contributed by atoms with Crippen LogP contribution in [0.2, 0.25) is 0 Å². The van der Waals surface area contributed by atoms with Gasteiger partial charge in [0.1, 0.15) is 5.75 Å². The molecule has 0 fully saturated rings. The first-order valence-electron chi connectivity index (χ1n) is 7.83. The van der Waals surface area contributed by atoms with Crippen molar-refractivity contribution in [3.05, 3.63) is 53.9 Å². The molecule has 0 saturated heterocycles. The largest absolute Gasteiger partial charge is 0.494 e. The van der Waals surface area contributed by atoms with Crippen LogP contribution in [0.4, 0.5) is 10.5 Å². The second-order valence-corrected chi connectivity index (χ2v) is 5.18. The standard InChI is InChI=1S/C18H23N3O2/c1-4-21(13-16-8-6-7-11-19-16)18(22)20-15-10-9-14(3)17(12-15)23-5-2/h6-12H,4-5,13H2,1-3H3,(H,20,22). The summed E-state index contributed by atoms with van der Waals surface area (Å²) in [5, 5.41) is 2.92. The predicted octanol–water partition coefficient (Wildman–Crippen LogP) is 3.84. The third-order valence-electron chi connectivity index (χ3n) is 3.49. The van der Waals surface area contributed by atoms with Gasteiger partial charge in [-0.25, -0.2) is 4.79 Å². The number of nitrogens with zero attached hydrogens (tertiary/aromatic N) is 2. The number of hydrogen-bond donors (Lipinski definition) is 1. The van der Waals surface area contributed by atoms with E-state index in [1.807, 2.05) is 57.2 Å². The van der Waals surface area contributed by atoms with Crippen molar-refractivity contribution in [3.63, 3.8) is 0 Å². The van der Waals surface area contributed by atoms with E-state index in [2.05, 4.69) is 10.3 Å². The number of carbonyl (C=O) groups excluding carboxylic acids is 1. The molecule has 2 aromatic rings. The summed E-state index contributed by atoms with van der Waals surface area (Å²) in [7, 11) is 0. The molecule has 0 aliphatic rings. The van der Waals surface area contributed by atoms with Crippen molar-refractivity contribution in [2.24, 2.45) is 0 Å². The predicted molar refractivity (Wildman–Crippen MR) is 91.7 cm³/mol. The summed E-state index contributed by atoms with van der Waals surface area (Å²) in [4.78, 5) is 18.4. The van der Waals surface area contributed by atoms with Gasteiger partial charge in [0.15, 0.2) is 0 Å². The highest BCUT2D eigenvalue weighted by Gasteiger charge is 2.13. The molecule has 2 rings (SSSR count). The Bertz CT molecular complexity index is 644. The molecule has 0 atom stereocenters. The van der Waals surface area contributed by atoms with Gasteiger partial charge in [0.2, 0.25) is 0 Å².